The van der Waals surface area contributed by atoms with E-state index in [2.05, 4.69) is 20.4 Å². The highest BCUT2D eigenvalue weighted by Gasteiger charge is 2.77. The largest absolute Gasteiger partial charge is 0.453 e. The highest BCUT2D eigenvalue weighted by atomic mass is 16.6. The Balaban J connectivity index is 1.98. The van der Waals surface area contributed by atoms with Crippen LogP contribution in [0.2, 0.25) is 0 Å². The Kier molecular flexibility index (Phi) is 2.95. The molecule has 4 heteroatoms. The van der Waals surface area contributed by atoms with Crippen molar-refractivity contribution in [1.82, 2.24) is 0 Å². The summed E-state index contributed by atoms with van der Waals surface area (Å²) in [5, 5.41) is 11.7. The van der Waals surface area contributed by atoms with Gasteiger partial charge in [0.25, 0.3) is 0 Å². The van der Waals surface area contributed by atoms with Crippen molar-refractivity contribution in [2.45, 2.75) is 64.6 Å². The summed E-state index contributed by atoms with van der Waals surface area (Å²) in [7, 11) is 0. The van der Waals surface area contributed by atoms with Crippen molar-refractivity contribution in [3.63, 3.8) is 0 Å². The number of Topliss-reactive ketones (excluding diaryl/α,β-unsaturated/α-hetero) is 1. The summed E-state index contributed by atoms with van der Waals surface area (Å²) < 4.78 is 5.61. The second-order valence-corrected chi connectivity index (χ2v) is 9.11. The fourth-order valence-corrected chi connectivity index (χ4v) is 5.98. The molecule has 1 heterocycles. The van der Waals surface area contributed by atoms with Gasteiger partial charge in [-0.05, 0) is 31.1 Å². The molecule has 4 nitrogen and oxygen atoms in total. The molecule has 0 aromatic rings. The Labute approximate surface area is 143 Å². The SMILES string of the molecule is C=C[C@]1(C)C=C2C(=O)[C@H]3OC(=O)[C@@]4(CCCC(C)(C)[C@H]34)[C@@]2(O)CC1. The molecule has 24 heavy (non-hydrogen) atoms. The van der Waals surface area contributed by atoms with E-state index in [1.807, 2.05) is 19.1 Å². The van der Waals surface area contributed by atoms with E-state index >= 15 is 0 Å². The van der Waals surface area contributed by atoms with Gasteiger partial charge in [-0.25, -0.2) is 0 Å². The van der Waals surface area contributed by atoms with Crippen LogP contribution in [0.25, 0.3) is 0 Å². The number of carbonyl (C=O) groups is 2. The third-order valence-electron chi connectivity index (χ3n) is 7.34. The minimum atomic E-state index is -1.40. The lowest BCUT2D eigenvalue weighted by Crippen LogP contribution is -2.67. The number of hydrogen-bond donors (Lipinski definition) is 1. The first kappa shape index (κ1) is 16.1. The molecule has 3 fully saturated rings. The van der Waals surface area contributed by atoms with Crippen molar-refractivity contribution in [3.8, 4) is 0 Å². The van der Waals surface area contributed by atoms with Crippen LogP contribution in [0.1, 0.15) is 52.9 Å². The van der Waals surface area contributed by atoms with Gasteiger partial charge in [-0.3, -0.25) is 9.59 Å². The number of hydrogen-bond acceptors (Lipinski definition) is 4. The predicted molar refractivity (Wildman–Crippen MR) is 89.0 cm³/mol. The van der Waals surface area contributed by atoms with Crippen LogP contribution in [-0.2, 0) is 14.3 Å². The highest BCUT2D eigenvalue weighted by Crippen LogP contribution is 2.68. The Bertz CT molecular complexity index is 690. The van der Waals surface area contributed by atoms with Crippen molar-refractivity contribution in [2.75, 3.05) is 0 Å². The molecule has 4 rings (SSSR count). The average molecular weight is 330 g/mol. The van der Waals surface area contributed by atoms with Crippen LogP contribution in [0.15, 0.2) is 24.3 Å². The number of fused-ring (bicyclic) bond motifs is 1. The van der Waals surface area contributed by atoms with Crippen LogP contribution in [0, 0.1) is 22.2 Å². The Morgan fingerprint density at radius 1 is 1.21 bits per heavy atom. The molecule has 0 amide bonds. The lowest BCUT2D eigenvalue weighted by molar-refractivity contribution is -0.175. The minimum Gasteiger partial charge on any atom is -0.453 e. The van der Waals surface area contributed by atoms with Gasteiger partial charge >= 0.3 is 5.97 Å². The molecule has 4 aliphatic rings. The van der Waals surface area contributed by atoms with Crippen LogP contribution < -0.4 is 0 Å². The van der Waals surface area contributed by atoms with Crippen LogP contribution >= 0.6 is 0 Å². The lowest BCUT2D eigenvalue weighted by atomic mass is 9.43. The van der Waals surface area contributed by atoms with Gasteiger partial charge in [0.2, 0.25) is 5.78 Å². The van der Waals surface area contributed by atoms with Gasteiger partial charge in [-0.1, -0.05) is 39.3 Å². The number of allylic oxidation sites excluding steroid dienone is 2. The maximum absolute atomic E-state index is 13.2. The fourth-order valence-electron chi connectivity index (χ4n) is 5.98. The van der Waals surface area contributed by atoms with E-state index in [1.165, 1.54) is 0 Å². The number of ether oxygens (including phenoxy) is 1. The number of rotatable bonds is 1. The van der Waals surface area contributed by atoms with E-state index in [9.17, 15) is 14.7 Å². The maximum atomic E-state index is 13.2. The molecule has 5 atom stereocenters. The zero-order valence-electron chi connectivity index (χ0n) is 14.7. The van der Waals surface area contributed by atoms with E-state index in [0.717, 1.165) is 12.8 Å². The second kappa shape index (κ2) is 4.40. The van der Waals surface area contributed by atoms with Crippen molar-refractivity contribution in [1.29, 1.82) is 0 Å². The van der Waals surface area contributed by atoms with Crippen molar-refractivity contribution in [2.24, 2.45) is 22.2 Å². The van der Waals surface area contributed by atoms with Crippen molar-refractivity contribution >= 4 is 11.8 Å². The summed E-state index contributed by atoms with van der Waals surface area (Å²) in [4.78, 5) is 26.1. The van der Waals surface area contributed by atoms with E-state index in [1.54, 1.807) is 0 Å². The normalized spacial score (nSPS) is 48.9. The first-order valence-corrected chi connectivity index (χ1v) is 8.96. The molecular formula is C20H26O4. The predicted octanol–water partition coefficient (Wildman–Crippen LogP) is 2.95. The average Bonchev–Trinajstić information content (AvgIpc) is 2.82. The number of ketones is 1. The third-order valence-corrected chi connectivity index (χ3v) is 7.34. The number of esters is 1. The Hall–Kier alpha value is -1.42. The molecule has 0 spiro atoms. The monoisotopic (exact) mass is 330 g/mol. The second-order valence-electron chi connectivity index (χ2n) is 9.11. The third kappa shape index (κ3) is 1.58. The molecule has 1 aliphatic heterocycles. The maximum Gasteiger partial charge on any atom is 0.316 e. The molecule has 3 aliphatic carbocycles. The van der Waals surface area contributed by atoms with Crippen LogP contribution in [0.3, 0.4) is 0 Å². The number of carbonyl (C=O) groups excluding carboxylic acids is 2. The molecule has 0 aromatic heterocycles. The Morgan fingerprint density at radius 3 is 2.58 bits per heavy atom. The van der Waals surface area contributed by atoms with Gasteiger partial charge in [-0.2, -0.15) is 0 Å². The molecule has 0 radical (unpaired) electrons. The summed E-state index contributed by atoms with van der Waals surface area (Å²) in [5.74, 6) is -0.813. The smallest absolute Gasteiger partial charge is 0.316 e. The van der Waals surface area contributed by atoms with Gasteiger partial charge in [0.1, 0.15) is 11.0 Å². The van der Waals surface area contributed by atoms with Crippen LogP contribution in [0.4, 0.5) is 0 Å². The van der Waals surface area contributed by atoms with Gasteiger partial charge in [0, 0.05) is 16.9 Å². The molecular weight excluding hydrogens is 304 g/mol. The molecule has 130 valence electrons. The molecule has 2 bridgehead atoms. The van der Waals surface area contributed by atoms with E-state index in [4.69, 9.17) is 4.74 Å². The topological polar surface area (TPSA) is 63.6 Å². The molecule has 1 N–H and O–H groups in total. The molecule has 2 saturated carbocycles. The standard InChI is InChI=1S/C20H26O4/c1-5-18(4)9-10-20(23)12(11-18)13(21)14-15-17(2,3)7-6-8-19(15,20)16(22)24-14/h5,11,14-15,23H,1,6-10H2,2-4H3/t14-,15+,18+,19+,20-/m1/s1. The van der Waals surface area contributed by atoms with Gasteiger partial charge in [0.05, 0.1) is 0 Å². The highest BCUT2D eigenvalue weighted by molar-refractivity contribution is 6.08. The zero-order valence-corrected chi connectivity index (χ0v) is 14.7. The van der Waals surface area contributed by atoms with Gasteiger partial charge < -0.3 is 9.84 Å². The zero-order chi connectivity index (χ0) is 17.5. The van der Waals surface area contributed by atoms with Gasteiger partial charge in [0.15, 0.2) is 6.10 Å². The van der Waals surface area contributed by atoms with E-state index in [-0.39, 0.29) is 28.5 Å². The molecule has 0 aromatic carbocycles. The lowest BCUT2D eigenvalue weighted by Gasteiger charge is -2.58. The van der Waals surface area contributed by atoms with Crippen LogP contribution in [0.5, 0.6) is 0 Å². The minimum absolute atomic E-state index is 0.202. The van der Waals surface area contributed by atoms with E-state index < -0.39 is 17.1 Å². The van der Waals surface area contributed by atoms with Crippen molar-refractivity contribution in [3.05, 3.63) is 24.3 Å². The fraction of sp³-hybridized carbons (Fsp3) is 0.700. The summed E-state index contributed by atoms with van der Waals surface area (Å²) in [6.45, 7) is 10.1. The van der Waals surface area contributed by atoms with E-state index in [0.29, 0.717) is 24.8 Å². The first-order chi connectivity index (χ1) is 11.1. The van der Waals surface area contributed by atoms with Crippen LogP contribution in [-0.4, -0.2) is 28.6 Å². The summed E-state index contributed by atoms with van der Waals surface area (Å²) in [5.41, 5.74) is -2.51. The first-order valence-electron chi connectivity index (χ1n) is 8.96. The summed E-state index contributed by atoms with van der Waals surface area (Å²) in [6, 6.07) is 0. The number of aliphatic hydroxyl groups is 1. The summed E-state index contributed by atoms with van der Waals surface area (Å²) in [6.07, 6.45) is 6.42. The van der Waals surface area contributed by atoms with Crippen molar-refractivity contribution < 1.29 is 19.4 Å². The summed E-state index contributed by atoms with van der Waals surface area (Å²) >= 11 is 0. The van der Waals surface area contributed by atoms with Gasteiger partial charge in [-0.15, -0.1) is 6.58 Å². The molecule has 1 saturated heterocycles. The quantitative estimate of drug-likeness (QED) is 0.593. The Morgan fingerprint density at radius 2 is 1.92 bits per heavy atom. The molecule has 0 unspecified atom stereocenters.